The largest absolute Gasteiger partial charge is 0.481 e. The number of likely N-dealkylation sites (tertiary alicyclic amines) is 1. The lowest BCUT2D eigenvalue weighted by atomic mass is 10.1. The molecule has 1 aliphatic rings. The summed E-state index contributed by atoms with van der Waals surface area (Å²) in [5.74, 6) is -0.407. The third kappa shape index (κ3) is 2.92. The summed E-state index contributed by atoms with van der Waals surface area (Å²) in [7, 11) is 1.94. The molecule has 2 rings (SSSR count). The van der Waals surface area contributed by atoms with Gasteiger partial charge in [0.05, 0.1) is 15.9 Å². The van der Waals surface area contributed by atoms with Gasteiger partial charge in [-0.05, 0) is 41.7 Å². The molecular weight excluding hydrogens is 298 g/mol. The number of carboxylic acids is 1. The standard InChI is InChI=1S/C12H18BrN3O2/c1-8-12(13)10(15(2)14-8)7-16-4-3-9(6-16)5-11(17)18/h9H,3-7H2,1-2H3,(H,17,18). The molecule has 1 unspecified atom stereocenters. The average molecular weight is 316 g/mol. The van der Waals surface area contributed by atoms with Crippen LogP contribution in [-0.4, -0.2) is 38.8 Å². The van der Waals surface area contributed by atoms with E-state index in [1.54, 1.807) is 0 Å². The zero-order valence-electron chi connectivity index (χ0n) is 10.7. The van der Waals surface area contributed by atoms with Crippen molar-refractivity contribution in [2.75, 3.05) is 13.1 Å². The summed E-state index contributed by atoms with van der Waals surface area (Å²) in [6, 6.07) is 0. The van der Waals surface area contributed by atoms with E-state index in [4.69, 9.17) is 5.11 Å². The van der Waals surface area contributed by atoms with Crippen molar-refractivity contribution in [1.29, 1.82) is 0 Å². The normalized spacial score (nSPS) is 20.5. The molecule has 1 aromatic rings. The molecule has 1 aromatic heterocycles. The van der Waals surface area contributed by atoms with Gasteiger partial charge in [-0.25, -0.2) is 0 Å². The fourth-order valence-electron chi connectivity index (χ4n) is 2.53. The molecule has 2 heterocycles. The van der Waals surface area contributed by atoms with Crippen LogP contribution in [-0.2, 0) is 18.4 Å². The second-order valence-corrected chi connectivity index (χ2v) is 5.75. The summed E-state index contributed by atoms with van der Waals surface area (Å²) in [4.78, 5) is 13.0. The highest BCUT2D eigenvalue weighted by Gasteiger charge is 2.25. The number of carbonyl (C=O) groups is 1. The van der Waals surface area contributed by atoms with Crippen molar-refractivity contribution in [1.82, 2.24) is 14.7 Å². The first-order chi connectivity index (χ1) is 8.47. The molecule has 1 aliphatic heterocycles. The van der Waals surface area contributed by atoms with Gasteiger partial charge >= 0.3 is 5.97 Å². The van der Waals surface area contributed by atoms with Crippen molar-refractivity contribution in [2.24, 2.45) is 13.0 Å². The fourth-order valence-corrected chi connectivity index (χ4v) is 3.00. The van der Waals surface area contributed by atoms with Crippen LogP contribution in [0.5, 0.6) is 0 Å². The van der Waals surface area contributed by atoms with E-state index in [-0.39, 0.29) is 12.3 Å². The Hall–Kier alpha value is -0.880. The van der Waals surface area contributed by atoms with E-state index < -0.39 is 5.97 Å². The average Bonchev–Trinajstić information content (AvgIpc) is 2.79. The van der Waals surface area contributed by atoms with Gasteiger partial charge in [0.25, 0.3) is 0 Å². The van der Waals surface area contributed by atoms with Crippen LogP contribution in [0.4, 0.5) is 0 Å². The maximum Gasteiger partial charge on any atom is 0.303 e. The molecule has 5 nitrogen and oxygen atoms in total. The molecule has 0 amide bonds. The molecule has 0 aliphatic carbocycles. The van der Waals surface area contributed by atoms with E-state index in [9.17, 15) is 4.79 Å². The van der Waals surface area contributed by atoms with E-state index in [0.29, 0.717) is 0 Å². The highest BCUT2D eigenvalue weighted by atomic mass is 79.9. The summed E-state index contributed by atoms with van der Waals surface area (Å²) < 4.78 is 2.95. The van der Waals surface area contributed by atoms with Crippen LogP contribution in [0.15, 0.2) is 4.47 Å². The van der Waals surface area contributed by atoms with E-state index in [0.717, 1.165) is 41.9 Å². The minimum atomic E-state index is -0.695. The Kier molecular flexibility index (Phi) is 4.07. The molecule has 1 saturated heterocycles. The number of hydrogen-bond donors (Lipinski definition) is 1. The van der Waals surface area contributed by atoms with Crippen LogP contribution in [0, 0.1) is 12.8 Å². The number of hydrogen-bond acceptors (Lipinski definition) is 3. The van der Waals surface area contributed by atoms with Gasteiger partial charge in [0, 0.05) is 26.6 Å². The third-order valence-corrected chi connectivity index (χ3v) is 4.50. The lowest BCUT2D eigenvalue weighted by molar-refractivity contribution is -0.138. The van der Waals surface area contributed by atoms with Gasteiger partial charge in [0.1, 0.15) is 0 Å². The van der Waals surface area contributed by atoms with Gasteiger partial charge < -0.3 is 5.11 Å². The predicted octanol–water partition coefficient (Wildman–Crippen LogP) is 1.79. The minimum Gasteiger partial charge on any atom is -0.481 e. The predicted molar refractivity (Wildman–Crippen MR) is 71.3 cm³/mol. The van der Waals surface area contributed by atoms with Crippen molar-refractivity contribution in [3.63, 3.8) is 0 Å². The van der Waals surface area contributed by atoms with E-state index in [2.05, 4.69) is 25.9 Å². The molecule has 1 N–H and O–H groups in total. The maximum absolute atomic E-state index is 10.7. The fraction of sp³-hybridized carbons (Fsp3) is 0.667. The number of rotatable bonds is 4. The van der Waals surface area contributed by atoms with Gasteiger partial charge in [-0.1, -0.05) is 0 Å². The molecule has 1 fully saturated rings. The first-order valence-corrected chi connectivity index (χ1v) is 6.88. The number of aliphatic carboxylic acids is 1. The third-order valence-electron chi connectivity index (χ3n) is 3.47. The van der Waals surface area contributed by atoms with Crippen molar-refractivity contribution in [2.45, 2.75) is 26.3 Å². The highest BCUT2D eigenvalue weighted by Crippen LogP contribution is 2.25. The number of aryl methyl sites for hydroxylation is 2. The van der Waals surface area contributed by atoms with Crippen LogP contribution >= 0.6 is 15.9 Å². The van der Waals surface area contributed by atoms with Crippen molar-refractivity contribution in [3.05, 3.63) is 15.9 Å². The molecule has 0 radical (unpaired) electrons. The van der Waals surface area contributed by atoms with E-state index in [1.807, 2.05) is 18.7 Å². The van der Waals surface area contributed by atoms with Gasteiger partial charge in [-0.3, -0.25) is 14.4 Å². The molecule has 1 atom stereocenters. The zero-order chi connectivity index (χ0) is 13.3. The highest BCUT2D eigenvalue weighted by molar-refractivity contribution is 9.10. The lowest BCUT2D eigenvalue weighted by Crippen LogP contribution is -2.22. The van der Waals surface area contributed by atoms with Gasteiger partial charge in [-0.15, -0.1) is 0 Å². The van der Waals surface area contributed by atoms with E-state index in [1.165, 1.54) is 0 Å². The van der Waals surface area contributed by atoms with E-state index >= 15 is 0 Å². The topological polar surface area (TPSA) is 58.4 Å². The summed E-state index contributed by atoms with van der Waals surface area (Å²) in [5, 5.41) is 13.2. The minimum absolute atomic E-state index is 0.280. The molecule has 18 heavy (non-hydrogen) atoms. The molecule has 0 aromatic carbocycles. The number of carboxylic acid groups (broad SMARTS) is 1. The van der Waals surface area contributed by atoms with Crippen LogP contribution in [0.3, 0.4) is 0 Å². The Labute approximate surface area is 115 Å². The SMILES string of the molecule is Cc1nn(C)c(CN2CCC(CC(=O)O)C2)c1Br. The molecule has 100 valence electrons. The van der Waals surface area contributed by atoms with Crippen LogP contribution in [0.1, 0.15) is 24.2 Å². The molecule has 6 heteroatoms. The van der Waals surface area contributed by atoms with Crippen molar-refractivity contribution < 1.29 is 9.90 Å². The number of halogens is 1. The monoisotopic (exact) mass is 315 g/mol. The smallest absolute Gasteiger partial charge is 0.303 e. The summed E-state index contributed by atoms with van der Waals surface area (Å²) in [6.45, 7) is 4.64. The Morgan fingerprint density at radius 3 is 2.89 bits per heavy atom. The Morgan fingerprint density at radius 2 is 2.33 bits per heavy atom. The van der Waals surface area contributed by atoms with Gasteiger partial charge in [0.2, 0.25) is 0 Å². The molecule has 0 saturated carbocycles. The van der Waals surface area contributed by atoms with Crippen molar-refractivity contribution >= 4 is 21.9 Å². The van der Waals surface area contributed by atoms with Crippen LogP contribution in [0.2, 0.25) is 0 Å². The summed E-state index contributed by atoms with van der Waals surface area (Å²) in [5.41, 5.74) is 2.15. The van der Waals surface area contributed by atoms with Crippen LogP contribution < -0.4 is 0 Å². The van der Waals surface area contributed by atoms with Gasteiger partial charge in [0.15, 0.2) is 0 Å². The lowest BCUT2D eigenvalue weighted by Gasteiger charge is -2.16. The molecule has 0 spiro atoms. The molecular formula is C12H18BrN3O2. The summed E-state index contributed by atoms with van der Waals surface area (Å²) in [6.07, 6.45) is 1.25. The zero-order valence-corrected chi connectivity index (χ0v) is 12.3. The first-order valence-electron chi connectivity index (χ1n) is 6.09. The van der Waals surface area contributed by atoms with Crippen LogP contribution in [0.25, 0.3) is 0 Å². The number of aromatic nitrogens is 2. The Bertz CT molecular complexity index is 458. The first kappa shape index (κ1) is 13.5. The summed E-state index contributed by atoms with van der Waals surface area (Å²) >= 11 is 3.56. The quantitative estimate of drug-likeness (QED) is 0.920. The van der Waals surface area contributed by atoms with Gasteiger partial charge in [-0.2, -0.15) is 5.10 Å². The molecule has 0 bridgehead atoms. The Balaban J connectivity index is 1.97. The second kappa shape index (κ2) is 5.40. The number of nitrogens with zero attached hydrogens (tertiary/aromatic N) is 3. The van der Waals surface area contributed by atoms with Crippen molar-refractivity contribution in [3.8, 4) is 0 Å². The second-order valence-electron chi connectivity index (χ2n) is 4.96. The maximum atomic E-state index is 10.7. The Morgan fingerprint density at radius 1 is 1.61 bits per heavy atom.